The van der Waals surface area contributed by atoms with E-state index in [2.05, 4.69) is 0 Å². The molecular formula is C28H25ClN2O6. The first kappa shape index (κ1) is 24.5. The number of ether oxygens (including phenoxy) is 3. The lowest BCUT2D eigenvalue weighted by molar-refractivity contribution is -0.132. The van der Waals surface area contributed by atoms with Crippen molar-refractivity contribution in [2.75, 3.05) is 37.3 Å². The Labute approximate surface area is 219 Å². The van der Waals surface area contributed by atoms with Crippen LogP contribution >= 0.6 is 11.6 Å². The molecule has 2 heterocycles. The Morgan fingerprint density at radius 3 is 2.49 bits per heavy atom. The fourth-order valence-electron chi connectivity index (χ4n) is 4.48. The number of aliphatic hydroxyl groups is 1. The maximum atomic E-state index is 13.4. The van der Waals surface area contributed by atoms with Crippen molar-refractivity contribution >= 4 is 40.4 Å². The van der Waals surface area contributed by atoms with Gasteiger partial charge in [0.15, 0.2) is 11.5 Å². The topological polar surface area (TPSA) is 88.5 Å². The van der Waals surface area contributed by atoms with Crippen LogP contribution in [0.3, 0.4) is 0 Å². The first-order valence-corrected chi connectivity index (χ1v) is 12.1. The molecule has 0 aromatic heterocycles. The number of amides is 1. The fraction of sp³-hybridized carbons (Fsp3) is 0.214. The van der Waals surface area contributed by atoms with Crippen LogP contribution in [0.4, 0.5) is 11.4 Å². The molecule has 0 bridgehead atoms. The molecule has 2 aliphatic heterocycles. The van der Waals surface area contributed by atoms with E-state index in [0.29, 0.717) is 45.7 Å². The summed E-state index contributed by atoms with van der Waals surface area (Å²) in [5.41, 5.74) is 2.32. The molecule has 0 spiro atoms. The maximum absolute atomic E-state index is 13.4. The molecule has 5 rings (SSSR count). The number of fused-ring (bicyclic) bond motifs is 1. The lowest BCUT2D eigenvalue weighted by Crippen LogP contribution is -2.29. The van der Waals surface area contributed by atoms with E-state index < -0.39 is 17.7 Å². The zero-order valence-electron chi connectivity index (χ0n) is 20.5. The van der Waals surface area contributed by atoms with Crippen molar-refractivity contribution in [2.45, 2.75) is 13.0 Å². The van der Waals surface area contributed by atoms with Gasteiger partial charge in [-0.2, -0.15) is 0 Å². The van der Waals surface area contributed by atoms with E-state index >= 15 is 0 Å². The number of rotatable bonds is 6. The molecule has 0 saturated carbocycles. The molecule has 8 nitrogen and oxygen atoms in total. The quantitative estimate of drug-likeness (QED) is 0.273. The van der Waals surface area contributed by atoms with E-state index in [1.807, 2.05) is 50.2 Å². The van der Waals surface area contributed by atoms with E-state index in [0.717, 1.165) is 5.69 Å². The molecular weight excluding hydrogens is 496 g/mol. The third-order valence-corrected chi connectivity index (χ3v) is 6.62. The molecule has 190 valence electrons. The number of hydrogen-bond donors (Lipinski definition) is 1. The van der Waals surface area contributed by atoms with Crippen LogP contribution in [0, 0.1) is 0 Å². The molecule has 0 aliphatic carbocycles. The van der Waals surface area contributed by atoms with Gasteiger partial charge in [0.05, 0.1) is 23.2 Å². The number of halogens is 1. The Hall–Kier alpha value is -4.17. The van der Waals surface area contributed by atoms with Crippen LogP contribution < -0.4 is 24.0 Å². The van der Waals surface area contributed by atoms with Crippen LogP contribution in [-0.4, -0.2) is 44.3 Å². The van der Waals surface area contributed by atoms with Gasteiger partial charge in [-0.15, -0.1) is 0 Å². The molecule has 9 heteroatoms. The van der Waals surface area contributed by atoms with Crippen LogP contribution in [0.15, 0.2) is 66.2 Å². The molecule has 3 aromatic rings. The van der Waals surface area contributed by atoms with Gasteiger partial charge in [0.1, 0.15) is 11.5 Å². The summed E-state index contributed by atoms with van der Waals surface area (Å²) in [6, 6.07) is 16.3. The predicted octanol–water partition coefficient (Wildman–Crippen LogP) is 5.16. The normalized spacial score (nSPS) is 17.8. The third kappa shape index (κ3) is 4.34. The summed E-state index contributed by atoms with van der Waals surface area (Å²) >= 11 is 6.23. The Morgan fingerprint density at radius 2 is 1.78 bits per heavy atom. The van der Waals surface area contributed by atoms with Crippen molar-refractivity contribution < 1.29 is 28.9 Å². The molecule has 1 saturated heterocycles. The highest BCUT2D eigenvalue weighted by atomic mass is 35.5. The van der Waals surface area contributed by atoms with Gasteiger partial charge in [-0.3, -0.25) is 14.5 Å². The monoisotopic (exact) mass is 520 g/mol. The number of carbonyl (C=O) groups excluding carboxylic acids is 2. The summed E-state index contributed by atoms with van der Waals surface area (Å²) in [5.74, 6) is -0.492. The Bertz CT molecular complexity index is 1420. The van der Waals surface area contributed by atoms with Gasteiger partial charge in [-0.05, 0) is 55.0 Å². The van der Waals surface area contributed by atoms with E-state index in [1.165, 1.54) is 4.90 Å². The summed E-state index contributed by atoms with van der Waals surface area (Å²) in [5, 5.41) is 11.8. The number of ketones is 1. The van der Waals surface area contributed by atoms with Crippen molar-refractivity contribution in [3.05, 3.63) is 82.4 Å². The molecule has 1 fully saturated rings. The zero-order chi connectivity index (χ0) is 26.3. The number of anilines is 2. The summed E-state index contributed by atoms with van der Waals surface area (Å²) < 4.78 is 16.5. The number of Topliss-reactive ketones (excluding diaryl/α,β-unsaturated/α-hetero) is 1. The minimum absolute atomic E-state index is 0.0370. The van der Waals surface area contributed by atoms with Gasteiger partial charge < -0.3 is 24.2 Å². The predicted molar refractivity (Wildman–Crippen MR) is 141 cm³/mol. The SMILES string of the molecule is CCOc1cc(/C(O)=C2\C(=O)C(=O)N(c3ccc4c(c3)OCO4)C2c2ccc(N(C)C)cc2)ccc1Cl. The molecule has 1 amide bonds. The molecule has 2 aliphatic rings. The summed E-state index contributed by atoms with van der Waals surface area (Å²) in [6.07, 6.45) is 0. The van der Waals surface area contributed by atoms with E-state index in [-0.39, 0.29) is 18.1 Å². The summed E-state index contributed by atoms with van der Waals surface area (Å²) in [7, 11) is 3.84. The average Bonchev–Trinajstić information content (AvgIpc) is 3.47. The molecule has 37 heavy (non-hydrogen) atoms. The lowest BCUT2D eigenvalue weighted by atomic mass is 9.94. The van der Waals surface area contributed by atoms with Crippen molar-refractivity contribution in [1.29, 1.82) is 0 Å². The Morgan fingerprint density at radius 1 is 1.05 bits per heavy atom. The average molecular weight is 521 g/mol. The van der Waals surface area contributed by atoms with Gasteiger partial charge in [-0.25, -0.2) is 0 Å². The largest absolute Gasteiger partial charge is 0.507 e. The van der Waals surface area contributed by atoms with E-state index in [1.54, 1.807) is 36.4 Å². The number of nitrogens with zero attached hydrogens (tertiary/aromatic N) is 2. The first-order chi connectivity index (χ1) is 17.8. The second-order valence-corrected chi connectivity index (χ2v) is 9.18. The molecule has 3 aromatic carbocycles. The van der Waals surface area contributed by atoms with E-state index in [9.17, 15) is 14.7 Å². The van der Waals surface area contributed by atoms with Crippen molar-refractivity contribution in [3.63, 3.8) is 0 Å². The van der Waals surface area contributed by atoms with Gasteiger partial charge in [-0.1, -0.05) is 23.7 Å². The van der Waals surface area contributed by atoms with E-state index in [4.69, 9.17) is 25.8 Å². The maximum Gasteiger partial charge on any atom is 0.300 e. The highest BCUT2D eigenvalue weighted by molar-refractivity contribution is 6.51. The number of benzene rings is 3. The minimum Gasteiger partial charge on any atom is -0.507 e. The lowest BCUT2D eigenvalue weighted by Gasteiger charge is -2.26. The highest BCUT2D eigenvalue weighted by Gasteiger charge is 2.47. The van der Waals surface area contributed by atoms with Crippen LogP contribution in [0.2, 0.25) is 5.02 Å². The van der Waals surface area contributed by atoms with Crippen molar-refractivity contribution in [2.24, 2.45) is 0 Å². The van der Waals surface area contributed by atoms with Crippen LogP contribution in [0.1, 0.15) is 24.1 Å². The van der Waals surface area contributed by atoms with Crippen molar-refractivity contribution in [3.8, 4) is 17.2 Å². The molecule has 1 unspecified atom stereocenters. The van der Waals surface area contributed by atoms with Crippen LogP contribution in [-0.2, 0) is 9.59 Å². The number of carbonyl (C=O) groups is 2. The minimum atomic E-state index is -0.886. The molecule has 1 atom stereocenters. The Balaban J connectivity index is 1.68. The van der Waals surface area contributed by atoms with Gasteiger partial charge in [0, 0.05) is 37.1 Å². The van der Waals surface area contributed by atoms with Gasteiger partial charge >= 0.3 is 0 Å². The van der Waals surface area contributed by atoms with Crippen molar-refractivity contribution in [1.82, 2.24) is 0 Å². The number of hydrogen-bond acceptors (Lipinski definition) is 7. The highest BCUT2D eigenvalue weighted by Crippen LogP contribution is 2.45. The molecule has 1 N–H and O–H groups in total. The van der Waals surface area contributed by atoms with Crippen LogP contribution in [0.25, 0.3) is 5.76 Å². The number of aliphatic hydroxyl groups excluding tert-OH is 1. The smallest absolute Gasteiger partial charge is 0.300 e. The van der Waals surface area contributed by atoms with Crippen LogP contribution in [0.5, 0.6) is 17.2 Å². The zero-order valence-corrected chi connectivity index (χ0v) is 21.3. The van der Waals surface area contributed by atoms with Gasteiger partial charge in [0.2, 0.25) is 6.79 Å². The second kappa shape index (κ2) is 9.71. The first-order valence-electron chi connectivity index (χ1n) is 11.7. The summed E-state index contributed by atoms with van der Waals surface area (Å²) in [4.78, 5) is 30.2. The van der Waals surface area contributed by atoms with Gasteiger partial charge in [0.25, 0.3) is 11.7 Å². The second-order valence-electron chi connectivity index (χ2n) is 8.77. The third-order valence-electron chi connectivity index (χ3n) is 6.31. The molecule has 0 radical (unpaired) electrons. The standard InChI is InChI=1S/C28H25ClN2O6/c1-4-35-22-13-17(7-11-20(22)29)26(32)24-25(16-5-8-18(9-6-16)30(2)3)31(28(34)27(24)33)19-10-12-21-23(14-19)37-15-36-21/h5-14,25,32H,4,15H2,1-3H3/b26-24+. The summed E-state index contributed by atoms with van der Waals surface area (Å²) in [6.45, 7) is 2.26. The Kier molecular flexibility index (Phi) is 6.43. The fourth-order valence-corrected chi connectivity index (χ4v) is 4.65.